The van der Waals surface area contributed by atoms with E-state index in [9.17, 15) is 4.79 Å². The normalized spacial score (nSPS) is 13.5. The van der Waals surface area contributed by atoms with Crippen molar-refractivity contribution in [2.75, 3.05) is 18.0 Å². The predicted molar refractivity (Wildman–Crippen MR) is 114 cm³/mol. The minimum absolute atomic E-state index is 0.0985. The van der Waals surface area contributed by atoms with Gasteiger partial charge in [-0.05, 0) is 42.7 Å². The summed E-state index contributed by atoms with van der Waals surface area (Å²) in [5.74, 6) is 0.853. The molecule has 1 aliphatic heterocycles. The van der Waals surface area contributed by atoms with Gasteiger partial charge in [-0.1, -0.05) is 40.2 Å². The Hall–Kier alpha value is -2.73. The van der Waals surface area contributed by atoms with Crippen molar-refractivity contribution in [3.63, 3.8) is 0 Å². The minimum Gasteiger partial charge on any atom is -0.357 e. The molecular weight excluding hydrogens is 416 g/mol. The predicted octanol–water partition coefficient (Wildman–Crippen LogP) is 4.44. The summed E-state index contributed by atoms with van der Waals surface area (Å²) < 4.78 is 1.02. The van der Waals surface area contributed by atoms with Crippen LogP contribution < -0.4 is 10.2 Å². The quantitative estimate of drug-likeness (QED) is 0.642. The second-order valence-corrected chi connectivity index (χ2v) is 7.76. The molecule has 2 aromatic carbocycles. The van der Waals surface area contributed by atoms with E-state index < -0.39 is 0 Å². The lowest BCUT2D eigenvalue weighted by Gasteiger charge is -2.16. The van der Waals surface area contributed by atoms with E-state index in [1.54, 1.807) is 6.33 Å². The van der Waals surface area contributed by atoms with Gasteiger partial charge in [0.1, 0.15) is 12.1 Å². The number of carbonyl (C=O) groups is 1. The van der Waals surface area contributed by atoms with Crippen LogP contribution in [0.25, 0.3) is 11.3 Å². The molecule has 0 aliphatic carbocycles. The first-order valence-electron chi connectivity index (χ1n) is 9.39. The van der Waals surface area contributed by atoms with Crippen molar-refractivity contribution in [2.24, 2.45) is 0 Å². The molecular formula is C22H21BrN4O. The fourth-order valence-corrected chi connectivity index (χ4v) is 3.59. The van der Waals surface area contributed by atoms with E-state index in [1.807, 2.05) is 54.6 Å². The maximum absolute atomic E-state index is 12.6. The topological polar surface area (TPSA) is 58.1 Å². The van der Waals surface area contributed by atoms with E-state index in [4.69, 9.17) is 0 Å². The van der Waals surface area contributed by atoms with Crippen LogP contribution in [-0.2, 0) is 6.54 Å². The molecule has 5 nitrogen and oxygen atoms in total. The van der Waals surface area contributed by atoms with Gasteiger partial charge in [-0.25, -0.2) is 9.97 Å². The first-order valence-corrected chi connectivity index (χ1v) is 10.2. The summed E-state index contributed by atoms with van der Waals surface area (Å²) in [6.45, 7) is 2.56. The summed E-state index contributed by atoms with van der Waals surface area (Å²) >= 11 is 3.42. The van der Waals surface area contributed by atoms with Gasteiger partial charge in [-0.2, -0.15) is 0 Å². The number of aromatic nitrogens is 2. The van der Waals surface area contributed by atoms with E-state index in [-0.39, 0.29) is 5.91 Å². The zero-order valence-corrected chi connectivity index (χ0v) is 17.0. The Bertz CT molecular complexity index is 968. The van der Waals surface area contributed by atoms with E-state index in [2.05, 4.69) is 36.1 Å². The van der Waals surface area contributed by atoms with Crippen LogP contribution in [0.1, 0.15) is 28.8 Å². The molecule has 142 valence electrons. The molecule has 0 radical (unpaired) electrons. The van der Waals surface area contributed by atoms with Gasteiger partial charge in [0.2, 0.25) is 0 Å². The lowest BCUT2D eigenvalue weighted by Crippen LogP contribution is -2.22. The van der Waals surface area contributed by atoms with Gasteiger partial charge < -0.3 is 10.2 Å². The summed E-state index contributed by atoms with van der Waals surface area (Å²) in [6.07, 6.45) is 4.00. The van der Waals surface area contributed by atoms with Gasteiger partial charge in [0.05, 0.1) is 5.69 Å². The number of benzene rings is 2. The fourth-order valence-electron chi connectivity index (χ4n) is 3.33. The van der Waals surface area contributed by atoms with Gasteiger partial charge >= 0.3 is 0 Å². The maximum Gasteiger partial charge on any atom is 0.251 e. The van der Waals surface area contributed by atoms with Crippen molar-refractivity contribution in [3.05, 3.63) is 76.5 Å². The molecule has 0 bridgehead atoms. The smallest absolute Gasteiger partial charge is 0.251 e. The molecule has 0 unspecified atom stereocenters. The average Bonchev–Trinajstić information content (AvgIpc) is 3.28. The van der Waals surface area contributed by atoms with Crippen molar-refractivity contribution in [1.82, 2.24) is 15.3 Å². The Morgan fingerprint density at radius 3 is 2.61 bits per heavy atom. The summed E-state index contributed by atoms with van der Waals surface area (Å²) in [5.41, 5.74) is 3.42. The van der Waals surface area contributed by atoms with E-state index in [0.717, 1.165) is 40.2 Å². The van der Waals surface area contributed by atoms with Crippen molar-refractivity contribution in [2.45, 2.75) is 19.4 Å². The average molecular weight is 437 g/mol. The number of hydrogen-bond donors (Lipinski definition) is 1. The molecule has 1 saturated heterocycles. The summed E-state index contributed by atoms with van der Waals surface area (Å²) in [4.78, 5) is 23.7. The molecule has 1 aromatic heterocycles. The van der Waals surface area contributed by atoms with Crippen molar-refractivity contribution >= 4 is 27.7 Å². The zero-order chi connectivity index (χ0) is 19.3. The Labute approximate surface area is 173 Å². The molecule has 1 aliphatic rings. The Morgan fingerprint density at radius 1 is 1.04 bits per heavy atom. The number of nitrogens with zero attached hydrogens (tertiary/aromatic N) is 3. The molecule has 0 saturated carbocycles. The lowest BCUT2D eigenvalue weighted by molar-refractivity contribution is 0.0951. The standard InChI is InChI=1S/C22H21BrN4O/c23-19-8-6-16(7-9-19)14-24-22(28)18-5-3-4-17(12-18)20-13-21(26-15-25-20)27-10-1-2-11-27/h3-9,12-13,15H,1-2,10-11,14H2,(H,24,28). The summed E-state index contributed by atoms with van der Waals surface area (Å²) in [5, 5.41) is 2.97. The molecule has 4 rings (SSSR count). The number of rotatable bonds is 5. The Morgan fingerprint density at radius 2 is 1.82 bits per heavy atom. The van der Waals surface area contributed by atoms with Gasteiger partial charge in [-0.3, -0.25) is 4.79 Å². The SMILES string of the molecule is O=C(NCc1ccc(Br)cc1)c1cccc(-c2cc(N3CCCC3)ncn2)c1. The van der Waals surface area contributed by atoms with Crippen LogP contribution in [0.5, 0.6) is 0 Å². The number of anilines is 1. The molecule has 1 fully saturated rings. The van der Waals surface area contributed by atoms with Crippen LogP contribution in [0.3, 0.4) is 0 Å². The first-order chi connectivity index (χ1) is 13.7. The number of hydrogen-bond acceptors (Lipinski definition) is 4. The van der Waals surface area contributed by atoms with Crippen LogP contribution in [0.15, 0.2) is 65.4 Å². The summed E-state index contributed by atoms with van der Waals surface area (Å²) in [6, 6.07) is 17.5. The van der Waals surface area contributed by atoms with Crippen LogP contribution in [0.4, 0.5) is 5.82 Å². The number of nitrogens with one attached hydrogen (secondary N) is 1. The second-order valence-electron chi connectivity index (χ2n) is 6.85. The summed E-state index contributed by atoms with van der Waals surface area (Å²) in [7, 11) is 0. The maximum atomic E-state index is 12.6. The molecule has 6 heteroatoms. The first kappa shape index (κ1) is 18.6. The van der Waals surface area contributed by atoms with E-state index in [1.165, 1.54) is 12.8 Å². The highest BCUT2D eigenvalue weighted by atomic mass is 79.9. The van der Waals surface area contributed by atoms with Crippen LogP contribution >= 0.6 is 15.9 Å². The Kier molecular flexibility index (Phi) is 5.67. The zero-order valence-electron chi connectivity index (χ0n) is 15.4. The van der Waals surface area contributed by atoms with Gasteiger partial charge in [0.25, 0.3) is 5.91 Å². The molecule has 28 heavy (non-hydrogen) atoms. The molecule has 1 amide bonds. The molecule has 0 atom stereocenters. The third kappa shape index (κ3) is 4.39. The molecule has 2 heterocycles. The van der Waals surface area contributed by atoms with Gasteiger partial charge in [-0.15, -0.1) is 0 Å². The highest BCUT2D eigenvalue weighted by Crippen LogP contribution is 2.24. The Balaban J connectivity index is 1.48. The number of amides is 1. The van der Waals surface area contributed by atoms with Crippen molar-refractivity contribution < 1.29 is 4.79 Å². The van der Waals surface area contributed by atoms with Crippen LogP contribution in [0.2, 0.25) is 0 Å². The lowest BCUT2D eigenvalue weighted by atomic mass is 10.1. The molecule has 1 N–H and O–H groups in total. The highest BCUT2D eigenvalue weighted by molar-refractivity contribution is 9.10. The van der Waals surface area contributed by atoms with Crippen LogP contribution in [0, 0.1) is 0 Å². The fraction of sp³-hybridized carbons (Fsp3) is 0.227. The monoisotopic (exact) mass is 436 g/mol. The number of carbonyl (C=O) groups excluding carboxylic acids is 1. The van der Waals surface area contributed by atoms with E-state index >= 15 is 0 Å². The molecule has 3 aromatic rings. The van der Waals surface area contributed by atoms with Crippen LogP contribution in [-0.4, -0.2) is 29.0 Å². The van der Waals surface area contributed by atoms with Gasteiger partial charge in [0.15, 0.2) is 0 Å². The van der Waals surface area contributed by atoms with Gasteiger partial charge in [0, 0.05) is 41.3 Å². The third-order valence-electron chi connectivity index (χ3n) is 4.87. The third-order valence-corrected chi connectivity index (χ3v) is 5.40. The van der Waals surface area contributed by atoms with Crippen molar-refractivity contribution in [1.29, 1.82) is 0 Å². The van der Waals surface area contributed by atoms with E-state index in [0.29, 0.717) is 12.1 Å². The second kappa shape index (κ2) is 8.52. The largest absolute Gasteiger partial charge is 0.357 e. The highest BCUT2D eigenvalue weighted by Gasteiger charge is 2.15. The minimum atomic E-state index is -0.0985. The van der Waals surface area contributed by atoms with Crippen molar-refractivity contribution in [3.8, 4) is 11.3 Å². The number of halogens is 1. The molecule has 0 spiro atoms.